The van der Waals surface area contributed by atoms with Crippen LogP contribution in [0.4, 0.5) is 5.69 Å². The lowest BCUT2D eigenvalue weighted by Crippen LogP contribution is -2.52. The van der Waals surface area contributed by atoms with Gasteiger partial charge in [-0.2, -0.15) is 0 Å². The van der Waals surface area contributed by atoms with Gasteiger partial charge in [0.1, 0.15) is 24.1 Å². The number of carbonyl (C=O) groups is 2. The number of benzene rings is 3. The highest BCUT2D eigenvalue weighted by Gasteiger charge is 2.33. The molecule has 42 heavy (non-hydrogen) atoms. The van der Waals surface area contributed by atoms with Crippen LogP contribution in [-0.2, 0) is 26.2 Å². The number of ether oxygens (including phenoxy) is 2. The number of sulfonamides is 1. The van der Waals surface area contributed by atoms with E-state index in [2.05, 4.69) is 5.32 Å². The van der Waals surface area contributed by atoms with E-state index in [1.165, 1.54) is 24.1 Å². The summed E-state index contributed by atoms with van der Waals surface area (Å²) in [6.07, 6.45) is 2.08. The predicted octanol–water partition coefficient (Wildman–Crippen LogP) is 4.93. The maximum Gasteiger partial charge on any atom is 0.264 e. The second-order valence-electron chi connectivity index (χ2n) is 9.96. The van der Waals surface area contributed by atoms with Crippen molar-refractivity contribution in [3.63, 3.8) is 0 Å². The van der Waals surface area contributed by atoms with Crippen molar-refractivity contribution in [3.8, 4) is 11.5 Å². The van der Waals surface area contributed by atoms with Crippen molar-refractivity contribution in [3.05, 3.63) is 83.9 Å². The van der Waals surface area contributed by atoms with Gasteiger partial charge in [-0.05, 0) is 73.9 Å². The number of unbranched alkanes of at least 4 members (excludes halogenated alkanes) is 1. The minimum atomic E-state index is -4.16. The average Bonchev–Trinajstić information content (AvgIpc) is 3.00. The normalized spacial score (nSPS) is 11.8. The standard InChI is InChI=1S/C32H41N3O6S/c1-6-8-20-33-32(37)30(7-2)34(22-25-10-9-11-28(21-25)41-5)31(36)23-35(26-14-12-24(3)13-15-26)42(38,39)29-18-16-27(40-4)17-19-29/h9-19,21,30H,6-8,20,22-23H2,1-5H3,(H,33,37). The molecule has 3 rings (SSSR count). The summed E-state index contributed by atoms with van der Waals surface area (Å²) in [6.45, 7) is 5.86. The molecule has 0 aliphatic heterocycles. The number of carbonyl (C=O) groups excluding carboxylic acids is 2. The minimum Gasteiger partial charge on any atom is -0.497 e. The van der Waals surface area contributed by atoms with Gasteiger partial charge in [-0.3, -0.25) is 13.9 Å². The Morgan fingerprint density at radius 1 is 0.905 bits per heavy atom. The Hall–Kier alpha value is -4.05. The molecule has 3 aromatic carbocycles. The second-order valence-corrected chi connectivity index (χ2v) is 11.8. The number of amides is 2. The van der Waals surface area contributed by atoms with Gasteiger partial charge >= 0.3 is 0 Å². The molecule has 3 aromatic rings. The van der Waals surface area contributed by atoms with Crippen molar-refractivity contribution in [2.24, 2.45) is 0 Å². The van der Waals surface area contributed by atoms with Crippen LogP contribution in [0.15, 0.2) is 77.7 Å². The molecule has 9 nitrogen and oxygen atoms in total. The van der Waals surface area contributed by atoms with Crippen molar-refractivity contribution < 1.29 is 27.5 Å². The quantitative estimate of drug-likeness (QED) is 0.250. The molecular weight excluding hydrogens is 554 g/mol. The largest absolute Gasteiger partial charge is 0.497 e. The lowest BCUT2D eigenvalue weighted by Gasteiger charge is -2.33. The van der Waals surface area contributed by atoms with E-state index in [0.29, 0.717) is 30.2 Å². The van der Waals surface area contributed by atoms with Crippen LogP contribution in [0.5, 0.6) is 11.5 Å². The SMILES string of the molecule is CCCCNC(=O)C(CC)N(Cc1cccc(OC)c1)C(=O)CN(c1ccc(C)cc1)S(=O)(=O)c1ccc(OC)cc1. The molecule has 0 heterocycles. The average molecular weight is 596 g/mol. The van der Waals surface area contributed by atoms with Gasteiger partial charge < -0.3 is 19.7 Å². The van der Waals surface area contributed by atoms with E-state index in [4.69, 9.17) is 9.47 Å². The molecule has 0 aromatic heterocycles. The van der Waals surface area contributed by atoms with Crippen molar-refractivity contribution in [1.82, 2.24) is 10.2 Å². The zero-order valence-corrected chi connectivity index (χ0v) is 25.8. The first-order valence-electron chi connectivity index (χ1n) is 14.1. The number of aryl methyl sites for hydroxylation is 1. The molecule has 1 N–H and O–H groups in total. The summed E-state index contributed by atoms with van der Waals surface area (Å²) in [5, 5.41) is 2.94. The number of nitrogens with zero attached hydrogens (tertiary/aromatic N) is 2. The predicted molar refractivity (Wildman–Crippen MR) is 164 cm³/mol. The molecule has 0 radical (unpaired) electrons. The van der Waals surface area contributed by atoms with E-state index in [-0.39, 0.29) is 17.3 Å². The van der Waals surface area contributed by atoms with Gasteiger partial charge in [0.25, 0.3) is 10.0 Å². The van der Waals surface area contributed by atoms with Crippen LogP contribution in [-0.4, -0.2) is 58.5 Å². The van der Waals surface area contributed by atoms with Crippen molar-refractivity contribution >= 4 is 27.5 Å². The number of nitrogens with one attached hydrogen (secondary N) is 1. The topological polar surface area (TPSA) is 105 Å². The lowest BCUT2D eigenvalue weighted by molar-refractivity contribution is -0.140. The van der Waals surface area contributed by atoms with Crippen LogP contribution < -0.4 is 19.1 Å². The monoisotopic (exact) mass is 595 g/mol. The van der Waals surface area contributed by atoms with Crippen LogP contribution >= 0.6 is 0 Å². The minimum absolute atomic E-state index is 0.0142. The fraction of sp³-hybridized carbons (Fsp3) is 0.375. The van der Waals surface area contributed by atoms with Gasteiger partial charge in [-0.25, -0.2) is 8.42 Å². The Kier molecular flexibility index (Phi) is 11.8. The Morgan fingerprint density at radius 2 is 1.57 bits per heavy atom. The Balaban J connectivity index is 2.04. The lowest BCUT2D eigenvalue weighted by atomic mass is 10.1. The Bertz CT molecular complexity index is 1430. The van der Waals surface area contributed by atoms with Gasteiger partial charge in [0.15, 0.2) is 0 Å². The molecule has 226 valence electrons. The zero-order chi connectivity index (χ0) is 30.7. The molecule has 2 amide bonds. The molecule has 0 saturated carbocycles. The van der Waals surface area contributed by atoms with Gasteiger partial charge in [-0.1, -0.05) is 50.1 Å². The van der Waals surface area contributed by atoms with E-state index in [0.717, 1.165) is 28.3 Å². The molecule has 0 bridgehead atoms. The maximum absolute atomic E-state index is 14.2. The summed E-state index contributed by atoms with van der Waals surface area (Å²) in [6, 6.07) is 19.4. The molecule has 0 aliphatic rings. The molecular formula is C32H41N3O6S. The summed E-state index contributed by atoms with van der Waals surface area (Å²) in [5.41, 5.74) is 2.04. The van der Waals surface area contributed by atoms with Crippen molar-refractivity contribution in [2.75, 3.05) is 31.6 Å². The van der Waals surface area contributed by atoms with Crippen LogP contribution in [0.2, 0.25) is 0 Å². The van der Waals surface area contributed by atoms with Gasteiger partial charge in [-0.15, -0.1) is 0 Å². The number of hydrogen-bond acceptors (Lipinski definition) is 6. The van der Waals surface area contributed by atoms with E-state index < -0.39 is 28.5 Å². The molecule has 0 saturated heterocycles. The third kappa shape index (κ3) is 8.25. The van der Waals surface area contributed by atoms with Gasteiger partial charge in [0.2, 0.25) is 11.8 Å². The highest BCUT2D eigenvalue weighted by molar-refractivity contribution is 7.92. The molecule has 0 fully saturated rings. The maximum atomic E-state index is 14.2. The van der Waals surface area contributed by atoms with E-state index in [1.54, 1.807) is 55.6 Å². The summed E-state index contributed by atoms with van der Waals surface area (Å²) in [4.78, 5) is 28.9. The highest BCUT2D eigenvalue weighted by atomic mass is 32.2. The van der Waals surface area contributed by atoms with Gasteiger partial charge in [0, 0.05) is 13.1 Å². The second kappa shape index (κ2) is 15.3. The summed E-state index contributed by atoms with van der Waals surface area (Å²) in [7, 11) is -1.11. The molecule has 0 spiro atoms. The third-order valence-corrected chi connectivity index (χ3v) is 8.74. The van der Waals surface area contributed by atoms with Gasteiger partial charge in [0.05, 0.1) is 24.8 Å². The number of anilines is 1. The summed E-state index contributed by atoms with van der Waals surface area (Å²) < 4.78 is 39.6. The number of hydrogen-bond donors (Lipinski definition) is 1. The fourth-order valence-corrected chi connectivity index (χ4v) is 5.92. The molecule has 1 unspecified atom stereocenters. The summed E-state index contributed by atoms with van der Waals surface area (Å²) in [5.74, 6) is 0.343. The Labute approximate surface area is 249 Å². The first kappa shape index (κ1) is 32.5. The smallest absolute Gasteiger partial charge is 0.264 e. The Morgan fingerprint density at radius 3 is 2.17 bits per heavy atom. The molecule has 0 aliphatic carbocycles. The fourth-order valence-electron chi connectivity index (χ4n) is 4.51. The number of methoxy groups -OCH3 is 2. The van der Waals surface area contributed by atoms with Crippen molar-refractivity contribution in [2.45, 2.75) is 57.5 Å². The van der Waals surface area contributed by atoms with Crippen LogP contribution in [0.1, 0.15) is 44.2 Å². The van der Waals surface area contributed by atoms with Crippen molar-refractivity contribution in [1.29, 1.82) is 0 Å². The number of rotatable bonds is 15. The first-order chi connectivity index (χ1) is 20.1. The van der Waals surface area contributed by atoms with Crippen LogP contribution in [0, 0.1) is 6.92 Å². The van der Waals surface area contributed by atoms with E-state index >= 15 is 0 Å². The molecule has 1 atom stereocenters. The first-order valence-corrected chi connectivity index (χ1v) is 15.5. The van der Waals surface area contributed by atoms with Crippen LogP contribution in [0.3, 0.4) is 0 Å². The zero-order valence-electron chi connectivity index (χ0n) is 25.0. The molecule has 10 heteroatoms. The highest BCUT2D eigenvalue weighted by Crippen LogP contribution is 2.27. The van der Waals surface area contributed by atoms with Crippen LogP contribution in [0.25, 0.3) is 0 Å². The van der Waals surface area contributed by atoms with E-state index in [1.807, 2.05) is 32.9 Å². The summed E-state index contributed by atoms with van der Waals surface area (Å²) >= 11 is 0. The third-order valence-electron chi connectivity index (χ3n) is 6.95. The van der Waals surface area contributed by atoms with E-state index in [9.17, 15) is 18.0 Å².